The zero-order valence-electron chi connectivity index (χ0n) is 14.8. The maximum absolute atomic E-state index is 5.80. The van der Waals surface area contributed by atoms with Crippen LogP contribution in [-0.2, 0) is 12.8 Å². The third-order valence-electron chi connectivity index (χ3n) is 4.63. The minimum atomic E-state index is 0.757. The molecule has 0 bridgehead atoms. The lowest BCUT2D eigenvalue weighted by Crippen LogP contribution is -2.02. The standard InChI is InChI=1S/C12H10BrNO.C10H8BrN/c1-7-14-12-10-6-9(13)4-2-8(10)3-5-11(12)15-7;11-8-5-4-7-2-1-3-10(12)9(7)6-8/h2,4,6H,3,5H2,1H3;1-6H,12H2. The molecule has 3 aromatic carbocycles. The number of nitrogens with zero attached hydrogens (tertiary/aromatic N) is 1. The number of anilines is 1. The summed E-state index contributed by atoms with van der Waals surface area (Å²) in [6.07, 6.45) is 2.01. The Morgan fingerprint density at radius 3 is 2.59 bits per heavy atom. The summed E-state index contributed by atoms with van der Waals surface area (Å²) in [5.41, 5.74) is 10.2. The number of halogens is 2. The van der Waals surface area contributed by atoms with Crippen molar-refractivity contribution in [2.24, 2.45) is 0 Å². The van der Waals surface area contributed by atoms with Gasteiger partial charge < -0.3 is 10.2 Å². The van der Waals surface area contributed by atoms with Crippen molar-refractivity contribution >= 4 is 48.3 Å². The maximum atomic E-state index is 5.80. The first-order chi connectivity index (χ1) is 13.0. The summed E-state index contributed by atoms with van der Waals surface area (Å²) >= 11 is 6.90. The number of aromatic nitrogens is 1. The van der Waals surface area contributed by atoms with E-state index in [0.29, 0.717) is 0 Å². The van der Waals surface area contributed by atoms with E-state index in [9.17, 15) is 0 Å². The molecule has 0 amide bonds. The highest BCUT2D eigenvalue weighted by Gasteiger charge is 2.21. The van der Waals surface area contributed by atoms with Crippen molar-refractivity contribution in [1.29, 1.82) is 0 Å². The number of nitrogen functional groups attached to an aromatic ring is 1. The van der Waals surface area contributed by atoms with Crippen molar-refractivity contribution < 1.29 is 4.42 Å². The highest BCUT2D eigenvalue weighted by atomic mass is 79.9. The van der Waals surface area contributed by atoms with Crippen molar-refractivity contribution in [3.8, 4) is 11.3 Å². The van der Waals surface area contributed by atoms with Gasteiger partial charge in [0.15, 0.2) is 5.89 Å². The number of aryl methyl sites for hydroxylation is 3. The van der Waals surface area contributed by atoms with Crippen LogP contribution in [0.3, 0.4) is 0 Å². The number of nitrogens with two attached hydrogens (primary N) is 1. The third kappa shape index (κ3) is 3.80. The third-order valence-corrected chi connectivity index (χ3v) is 5.62. The van der Waals surface area contributed by atoms with E-state index in [4.69, 9.17) is 10.2 Å². The van der Waals surface area contributed by atoms with Crippen LogP contribution in [0.15, 0.2) is 68.0 Å². The largest absolute Gasteiger partial charge is 0.445 e. The molecule has 0 unspecified atom stereocenters. The van der Waals surface area contributed by atoms with Gasteiger partial charge in [-0.05, 0) is 47.7 Å². The summed E-state index contributed by atoms with van der Waals surface area (Å²) in [6.45, 7) is 1.90. The van der Waals surface area contributed by atoms with Crippen LogP contribution in [0.2, 0.25) is 0 Å². The van der Waals surface area contributed by atoms with Crippen LogP contribution in [0.4, 0.5) is 5.69 Å². The number of benzene rings is 3. The highest BCUT2D eigenvalue weighted by molar-refractivity contribution is 9.10. The van der Waals surface area contributed by atoms with Gasteiger partial charge in [-0.15, -0.1) is 0 Å². The molecule has 0 saturated carbocycles. The van der Waals surface area contributed by atoms with Gasteiger partial charge in [-0.2, -0.15) is 0 Å². The van der Waals surface area contributed by atoms with E-state index in [1.807, 2.05) is 31.2 Å². The topological polar surface area (TPSA) is 52.0 Å². The van der Waals surface area contributed by atoms with Gasteiger partial charge in [0.05, 0.1) is 0 Å². The SMILES string of the molecule is Cc1nc2c(o1)CCc1ccc(Br)cc1-2.Nc1cccc2ccc(Br)cc12. The molecule has 136 valence electrons. The first-order valence-corrected chi connectivity index (χ1v) is 10.3. The van der Waals surface area contributed by atoms with Crippen LogP contribution < -0.4 is 5.73 Å². The molecule has 0 spiro atoms. The van der Waals surface area contributed by atoms with Crippen molar-refractivity contribution in [2.45, 2.75) is 19.8 Å². The van der Waals surface area contributed by atoms with Gasteiger partial charge in [0.25, 0.3) is 0 Å². The van der Waals surface area contributed by atoms with E-state index in [1.165, 1.54) is 16.5 Å². The fourth-order valence-corrected chi connectivity index (χ4v) is 4.08. The molecule has 2 N–H and O–H groups in total. The molecular weight excluding hydrogens is 468 g/mol. The lowest BCUT2D eigenvalue weighted by molar-refractivity contribution is 0.473. The quantitative estimate of drug-likeness (QED) is 0.282. The average Bonchev–Trinajstić information content (AvgIpc) is 3.04. The molecule has 4 aromatic rings. The zero-order chi connectivity index (χ0) is 19.0. The van der Waals surface area contributed by atoms with Crippen molar-refractivity contribution in [1.82, 2.24) is 4.98 Å². The Morgan fingerprint density at radius 2 is 1.74 bits per heavy atom. The molecule has 0 saturated heterocycles. The predicted octanol–water partition coefficient (Wildman–Crippen LogP) is 6.70. The number of fused-ring (bicyclic) bond motifs is 4. The van der Waals surface area contributed by atoms with Crippen molar-refractivity contribution in [3.05, 3.63) is 80.8 Å². The van der Waals surface area contributed by atoms with Crippen LogP contribution in [0, 0.1) is 6.92 Å². The fraction of sp³-hybridized carbons (Fsp3) is 0.136. The van der Waals surface area contributed by atoms with Gasteiger partial charge in [-0.25, -0.2) is 4.98 Å². The van der Waals surface area contributed by atoms with Crippen LogP contribution in [0.25, 0.3) is 22.0 Å². The van der Waals surface area contributed by atoms with Crippen LogP contribution >= 0.6 is 31.9 Å². The first-order valence-electron chi connectivity index (χ1n) is 8.70. The van der Waals surface area contributed by atoms with Crippen LogP contribution in [0.5, 0.6) is 0 Å². The molecular formula is C22H18Br2N2O. The van der Waals surface area contributed by atoms with Crippen molar-refractivity contribution in [3.63, 3.8) is 0 Å². The molecule has 0 fully saturated rings. The van der Waals surface area contributed by atoms with E-state index in [-0.39, 0.29) is 0 Å². The number of oxazole rings is 1. The lowest BCUT2D eigenvalue weighted by atomic mass is 9.93. The Kier molecular flexibility index (Phi) is 5.06. The van der Waals surface area contributed by atoms with E-state index in [1.54, 1.807) is 0 Å². The van der Waals surface area contributed by atoms with Crippen molar-refractivity contribution in [2.75, 3.05) is 5.73 Å². The normalized spacial score (nSPS) is 12.1. The Bertz CT molecular complexity index is 1130. The monoisotopic (exact) mass is 484 g/mol. The highest BCUT2D eigenvalue weighted by Crippen LogP contribution is 2.34. The summed E-state index contributed by atoms with van der Waals surface area (Å²) in [6, 6.07) is 18.4. The average molecular weight is 486 g/mol. The molecule has 27 heavy (non-hydrogen) atoms. The second-order valence-corrected chi connectivity index (χ2v) is 8.35. The van der Waals surface area contributed by atoms with E-state index in [2.05, 4.69) is 67.2 Å². The molecule has 0 aliphatic heterocycles. The molecule has 0 radical (unpaired) electrons. The van der Waals surface area contributed by atoms with Crippen LogP contribution in [0.1, 0.15) is 17.2 Å². The molecule has 5 heteroatoms. The van der Waals surface area contributed by atoms with Gasteiger partial charge in [0.1, 0.15) is 11.5 Å². The summed E-state index contributed by atoms with van der Waals surface area (Å²) < 4.78 is 7.73. The Balaban J connectivity index is 0.000000137. The van der Waals surface area contributed by atoms with E-state index in [0.717, 1.165) is 50.2 Å². The van der Waals surface area contributed by atoms with Gasteiger partial charge in [0, 0.05) is 38.9 Å². The van der Waals surface area contributed by atoms with Gasteiger partial charge >= 0.3 is 0 Å². The molecule has 3 nitrogen and oxygen atoms in total. The van der Waals surface area contributed by atoms with Crippen LogP contribution in [-0.4, -0.2) is 4.98 Å². The molecule has 1 heterocycles. The summed E-state index contributed by atoms with van der Waals surface area (Å²) in [5.74, 6) is 1.78. The zero-order valence-corrected chi connectivity index (χ0v) is 18.0. The molecule has 0 atom stereocenters. The van der Waals surface area contributed by atoms with E-state index < -0.39 is 0 Å². The minimum Gasteiger partial charge on any atom is -0.445 e. The predicted molar refractivity (Wildman–Crippen MR) is 118 cm³/mol. The summed E-state index contributed by atoms with van der Waals surface area (Å²) in [5, 5.41) is 2.28. The minimum absolute atomic E-state index is 0.757. The molecule has 1 aliphatic rings. The number of hydrogen-bond donors (Lipinski definition) is 1. The summed E-state index contributed by atoms with van der Waals surface area (Å²) in [4.78, 5) is 4.45. The Labute approximate surface area is 174 Å². The fourth-order valence-electron chi connectivity index (χ4n) is 3.35. The Hall–Kier alpha value is -2.11. The number of rotatable bonds is 0. The molecule has 1 aromatic heterocycles. The molecule has 5 rings (SSSR count). The second-order valence-electron chi connectivity index (χ2n) is 6.52. The number of hydrogen-bond acceptors (Lipinski definition) is 3. The van der Waals surface area contributed by atoms with Gasteiger partial charge in [-0.3, -0.25) is 0 Å². The Morgan fingerprint density at radius 1 is 0.963 bits per heavy atom. The van der Waals surface area contributed by atoms with Gasteiger partial charge in [-0.1, -0.05) is 56.1 Å². The second kappa shape index (κ2) is 7.49. The maximum Gasteiger partial charge on any atom is 0.191 e. The smallest absolute Gasteiger partial charge is 0.191 e. The summed E-state index contributed by atoms with van der Waals surface area (Å²) in [7, 11) is 0. The van der Waals surface area contributed by atoms with E-state index >= 15 is 0 Å². The lowest BCUT2D eigenvalue weighted by Gasteiger charge is -2.13. The van der Waals surface area contributed by atoms with Gasteiger partial charge in [0.2, 0.25) is 0 Å². The molecule has 1 aliphatic carbocycles. The first kappa shape index (κ1) is 18.3.